The van der Waals surface area contributed by atoms with Crippen LogP contribution in [-0.2, 0) is 5.54 Å². The van der Waals surface area contributed by atoms with Crippen molar-refractivity contribution in [3.63, 3.8) is 0 Å². The topological polar surface area (TPSA) is 146 Å². The average molecular weight is 514 g/mol. The Labute approximate surface area is 220 Å². The lowest BCUT2D eigenvalue weighted by Gasteiger charge is -2.27. The fourth-order valence-corrected chi connectivity index (χ4v) is 4.76. The number of ketones is 1. The zero-order valence-electron chi connectivity index (χ0n) is 20.9. The summed E-state index contributed by atoms with van der Waals surface area (Å²) in [5.41, 5.74) is 8.12. The Bertz CT molecular complexity index is 1340. The van der Waals surface area contributed by atoms with E-state index in [1.54, 1.807) is 60.9 Å². The monoisotopic (exact) mass is 513 g/mol. The highest BCUT2D eigenvalue weighted by molar-refractivity contribution is 6.11. The molecule has 1 saturated carbocycles. The quantitative estimate of drug-likeness (QED) is 0.305. The number of nitrogens with two attached hydrogens (primary N) is 1. The first-order chi connectivity index (χ1) is 18.3. The smallest absolute Gasteiger partial charge is 0.251 e. The molecule has 5 rings (SSSR count). The number of nitrogens with one attached hydrogen (secondary N) is 3. The third-order valence-corrected chi connectivity index (χ3v) is 7.31. The number of aromatic nitrogens is 1. The van der Waals surface area contributed by atoms with E-state index in [1.807, 2.05) is 0 Å². The van der Waals surface area contributed by atoms with E-state index in [-0.39, 0.29) is 41.0 Å². The summed E-state index contributed by atoms with van der Waals surface area (Å²) in [4.78, 5) is 42.9. The molecule has 6 N–H and O–H groups in total. The summed E-state index contributed by atoms with van der Waals surface area (Å²) >= 11 is 0. The van der Waals surface area contributed by atoms with Crippen LogP contribution in [0.2, 0.25) is 0 Å². The molecule has 2 aliphatic rings. The molecule has 196 valence electrons. The summed E-state index contributed by atoms with van der Waals surface area (Å²) in [7, 11) is 0. The molecule has 0 bridgehead atoms. The second-order valence-corrected chi connectivity index (χ2v) is 10.0. The molecule has 3 aromatic rings. The molecule has 1 saturated heterocycles. The van der Waals surface area contributed by atoms with E-state index in [0.29, 0.717) is 29.7 Å². The highest BCUT2D eigenvalue weighted by Gasteiger charge is 2.40. The van der Waals surface area contributed by atoms with Gasteiger partial charge in [-0.15, -0.1) is 0 Å². The SMILES string of the molecule is NC1(c2ccc(O)c(C(=O)c3ccc(C(=O)N[C@@H]4CCCNC[C@H]4NC(=O)c4ccncc4)cc3)c2)CC1. The third-order valence-electron chi connectivity index (χ3n) is 7.31. The molecular formula is C29H31N5O4. The number of benzene rings is 2. The number of phenolic OH excluding ortho intramolecular Hbond substituents is 1. The fourth-order valence-electron chi connectivity index (χ4n) is 4.76. The van der Waals surface area contributed by atoms with Crippen molar-refractivity contribution < 1.29 is 19.5 Å². The summed E-state index contributed by atoms with van der Waals surface area (Å²) in [6.45, 7) is 1.33. The first kappa shape index (κ1) is 25.6. The molecule has 38 heavy (non-hydrogen) atoms. The number of hydrogen-bond acceptors (Lipinski definition) is 7. The largest absolute Gasteiger partial charge is 0.507 e. The first-order valence-electron chi connectivity index (χ1n) is 12.8. The van der Waals surface area contributed by atoms with Gasteiger partial charge in [0.1, 0.15) is 5.75 Å². The van der Waals surface area contributed by atoms with Gasteiger partial charge in [-0.25, -0.2) is 0 Å². The zero-order chi connectivity index (χ0) is 26.7. The van der Waals surface area contributed by atoms with E-state index < -0.39 is 5.54 Å². The van der Waals surface area contributed by atoms with Gasteiger partial charge in [-0.2, -0.15) is 0 Å². The molecule has 0 unspecified atom stereocenters. The normalized spacial score (nSPS) is 20.1. The van der Waals surface area contributed by atoms with E-state index in [1.165, 1.54) is 6.07 Å². The Hall–Kier alpha value is -4.08. The molecule has 0 radical (unpaired) electrons. The predicted octanol–water partition coefficient (Wildman–Crippen LogP) is 2.25. The molecular weight excluding hydrogens is 482 g/mol. The molecule has 1 aliphatic heterocycles. The van der Waals surface area contributed by atoms with Gasteiger partial charge in [-0.1, -0.05) is 18.2 Å². The lowest BCUT2D eigenvalue weighted by Crippen LogP contribution is -2.54. The van der Waals surface area contributed by atoms with Crippen LogP contribution in [0.15, 0.2) is 67.0 Å². The Morgan fingerprint density at radius 2 is 1.53 bits per heavy atom. The number of rotatable bonds is 7. The van der Waals surface area contributed by atoms with Crippen LogP contribution in [-0.4, -0.2) is 52.9 Å². The Morgan fingerprint density at radius 1 is 0.895 bits per heavy atom. The molecule has 0 spiro atoms. The number of carbonyl (C=O) groups is 3. The number of phenols is 1. The summed E-state index contributed by atoms with van der Waals surface area (Å²) in [6, 6.07) is 14.0. The molecule has 2 aromatic carbocycles. The van der Waals surface area contributed by atoms with Gasteiger partial charge in [0.05, 0.1) is 17.6 Å². The molecule has 1 aliphatic carbocycles. The summed E-state index contributed by atoms with van der Waals surface area (Å²) in [5, 5.41) is 19.7. The number of pyridine rings is 1. The minimum absolute atomic E-state index is 0.105. The van der Waals surface area contributed by atoms with E-state index >= 15 is 0 Å². The van der Waals surface area contributed by atoms with E-state index in [4.69, 9.17) is 5.73 Å². The fraction of sp³-hybridized carbons (Fsp3) is 0.310. The number of carbonyl (C=O) groups excluding carboxylic acids is 3. The second kappa shape index (κ2) is 10.7. The van der Waals surface area contributed by atoms with Crippen molar-refractivity contribution >= 4 is 17.6 Å². The molecule has 2 fully saturated rings. The van der Waals surface area contributed by atoms with Gasteiger partial charge in [-0.05, 0) is 74.2 Å². The molecule has 2 atom stereocenters. The van der Waals surface area contributed by atoms with Gasteiger partial charge >= 0.3 is 0 Å². The maximum atomic E-state index is 13.1. The van der Waals surface area contributed by atoms with Gasteiger partial charge in [0.15, 0.2) is 5.78 Å². The highest BCUT2D eigenvalue weighted by atomic mass is 16.3. The Morgan fingerprint density at radius 3 is 2.21 bits per heavy atom. The number of aromatic hydroxyl groups is 1. The van der Waals surface area contributed by atoms with Crippen molar-refractivity contribution in [1.82, 2.24) is 20.9 Å². The number of hydrogen-bond donors (Lipinski definition) is 5. The molecule has 9 nitrogen and oxygen atoms in total. The van der Waals surface area contributed by atoms with Gasteiger partial charge in [0, 0.05) is 41.2 Å². The van der Waals surface area contributed by atoms with Crippen LogP contribution in [0.25, 0.3) is 0 Å². The van der Waals surface area contributed by atoms with Crippen LogP contribution < -0.4 is 21.7 Å². The number of amides is 2. The lowest BCUT2D eigenvalue weighted by atomic mass is 9.96. The van der Waals surface area contributed by atoms with Crippen LogP contribution in [0.5, 0.6) is 5.75 Å². The minimum Gasteiger partial charge on any atom is -0.507 e. The summed E-state index contributed by atoms with van der Waals surface area (Å²) < 4.78 is 0. The van der Waals surface area contributed by atoms with Crippen molar-refractivity contribution in [2.24, 2.45) is 5.73 Å². The van der Waals surface area contributed by atoms with Crippen LogP contribution in [0.4, 0.5) is 0 Å². The maximum Gasteiger partial charge on any atom is 0.251 e. The van der Waals surface area contributed by atoms with Crippen LogP contribution >= 0.6 is 0 Å². The van der Waals surface area contributed by atoms with Gasteiger partial charge in [0.2, 0.25) is 0 Å². The third kappa shape index (κ3) is 5.58. The van der Waals surface area contributed by atoms with Crippen LogP contribution in [0.3, 0.4) is 0 Å². The summed E-state index contributed by atoms with van der Waals surface area (Å²) in [5.74, 6) is -0.957. The second-order valence-electron chi connectivity index (χ2n) is 10.0. The van der Waals surface area contributed by atoms with Crippen molar-refractivity contribution in [3.05, 3.63) is 94.8 Å². The van der Waals surface area contributed by atoms with Crippen molar-refractivity contribution in [2.75, 3.05) is 13.1 Å². The predicted molar refractivity (Wildman–Crippen MR) is 142 cm³/mol. The number of nitrogens with zero attached hydrogens (tertiary/aromatic N) is 1. The lowest BCUT2D eigenvalue weighted by molar-refractivity contribution is 0.0882. The Balaban J connectivity index is 1.27. The van der Waals surface area contributed by atoms with Gasteiger partial charge in [-0.3, -0.25) is 19.4 Å². The zero-order valence-corrected chi connectivity index (χ0v) is 20.9. The van der Waals surface area contributed by atoms with Crippen LogP contribution in [0.1, 0.15) is 67.9 Å². The maximum absolute atomic E-state index is 13.1. The molecule has 1 aromatic heterocycles. The van der Waals surface area contributed by atoms with Crippen molar-refractivity contribution in [1.29, 1.82) is 0 Å². The minimum atomic E-state index is -0.423. The standard InChI is InChI=1S/C29H31N5O4/c30-29(11-12-29)21-7-8-25(35)22(16-21)26(36)18-3-5-19(6-4-18)27(37)33-23-2-1-13-32-17-24(23)34-28(38)20-9-14-31-15-10-20/h3-10,14-16,23-24,32,35H,1-2,11-13,17,30H2,(H,33,37)(H,34,38)/t23-,24-/m1/s1. The Kier molecular flexibility index (Phi) is 7.22. The van der Waals surface area contributed by atoms with E-state index in [0.717, 1.165) is 31.4 Å². The van der Waals surface area contributed by atoms with E-state index in [2.05, 4.69) is 20.9 Å². The van der Waals surface area contributed by atoms with Crippen LogP contribution in [0, 0.1) is 0 Å². The molecule has 2 amide bonds. The molecule has 9 heteroatoms. The van der Waals surface area contributed by atoms with Gasteiger partial charge in [0.25, 0.3) is 11.8 Å². The summed E-state index contributed by atoms with van der Waals surface area (Å²) in [6.07, 6.45) is 6.38. The van der Waals surface area contributed by atoms with Crippen molar-refractivity contribution in [2.45, 2.75) is 43.3 Å². The average Bonchev–Trinajstić information content (AvgIpc) is 3.73. The van der Waals surface area contributed by atoms with Gasteiger partial charge < -0.3 is 26.8 Å². The van der Waals surface area contributed by atoms with E-state index in [9.17, 15) is 19.5 Å². The first-order valence-corrected chi connectivity index (χ1v) is 12.8. The highest BCUT2D eigenvalue weighted by Crippen LogP contribution is 2.43. The van der Waals surface area contributed by atoms with Crippen molar-refractivity contribution in [3.8, 4) is 5.75 Å². The molecule has 2 heterocycles.